The van der Waals surface area contributed by atoms with E-state index in [2.05, 4.69) is 56.4 Å². The summed E-state index contributed by atoms with van der Waals surface area (Å²) in [5, 5.41) is 10.7. The summed E-state index contributed by atoms with van der Waals surface area (Å²) in [5.41, 5.74) is 12.0. The molecule has 0 spiro atoms. The second kappa shape index (κ2) is 19.2. The van der Waals surface area contributed by atoms with E-state index in [9.17, 15) is 24.3 Å². The molecule has 6 rings (SSSR count). The number of nitrogens with zero attached hydrogens (tertiary/aromatic N) is 3. The number of fused-ring (bicyclic) bond motifs is 8. The lowest BCUT2D eigenvalue weighted by molar-refractivity contribution is -0.152. The molecule has 61 heavy (non-hydrogen) atoms. The van der Waals surface area contributed by atoms with Crippen LogP contribution in [0.3, 0.4) is 0 Å². The second-order valence-electron chi connectivity index (χ2n) is 15.9. The quantitative estimate of drug-likeness (QED) is 0.0931. The fourth-order valence-corrected chi connectivity index (χ4v) is 9.31. The summed E-state index contributed by atoms with van der Waals surface area (Å²) < 4.78 is 21.7. The topological polar surface area (TPSA) is 186 Å². The van der Waals surface area contributed by atoms with Gasteiger partial charge in [0.25, 0.3) is 0 Å². The molecule has 0 radical (unpaired) electrons. The largest absolute Gasteiger partial charge is 0.465 e. The standard InChI is InChI=1S/C46H57N5O9S/c1-11-29-24(4)33-18-32-23(3)16-36(47-32)31(17-41(54)51(9)14-13-15-61-22-40-45(59-28(8)53)44(55)39(60-40)21-58-27(7)52)43-42(46(56)57-10)26(6)35(50-43)20-38-30(12-2)25(5)34(49-38)19-37(29)48-33/h11,18-20,23,39-40,44-45,48-49,55H,1,12-17,21-22H2,2-10H3. The number of aliphatic hydroxyl groups is 1. The number of carbonyl (C=O) groups excluding carboxylic acids is 4. The van der Waals surface area contributed by atoms with Gasteiger partial charge in [-0.2, -0.15) is 11.8 Å². The first-order valence-corrected chi connectivity index (χ1v) is 21.8. The number of likely N-dealkylation sites (N-methyl/N-ethyl adjacent to an activating group) is 1. The average Bonchev–Trinajstić information content (AvgIpc) is 3.98. The fraction of sp³-hybridized carbons (Fsp3) is 0.478. The first-order chi connectivity index (χ1) is 29.1. The highest BCUT2D eigenvalue weighted by molar-refractivity contribution is 7.99. The van der Waals surface area contributed by atoms with E-state index < -0.39 is 42.3 Å². The molecular formula is C46H57N5O9S. The van der Waals surface area contributed by atoms with E-state index in [4.69, 9.17) is 28.9 Å². The van der Waals surface area contributed by atoms with Gasteiger partial charge in [-0.05, 0) is 86.2 Å². The minimum absolute atomic E-state index is 0.0127. The van der Waals surface area contributed by atoms with E-state index in [-0.39, 0.29) is 24.9 Å². The lowest BCUT2D eigenvalue weighted by atomic mass is 9.96. The van der Waals surface area contributed by atoms with Crippen molar-refractivity contribution >= 4 is 74.9 Å². The molecule has 0 aliphatic carbocycles. The lowest BCUT2D eigenvalue weighted by Gasteiger charge is -2.20. The number of aromatic nitrogens is 4. The van der Waals surface area contributed by atoms with Gasteiger partial charge in [-0.15, -0.1) is 0 Å². The number of hydrogen-bond acceptors (Lipinski definition) is 12. The summed E-state index contributed by atoms with van der Waals surface area (Å²) >= 11 is 1.54. The zero-order chi connectivity index (χ0) is 44.3. The molecule has 1 amide bonds. The van der Waals surface area contributed by atoms with Crippen LogP contribution in [-0.4, -0.2) is 117 Å². The summed E-state index contributed by atoms with van der Waals surface area (Å²) in [6.07, 6.45) is 0.302. The van der Waals surface area contributed by atoms with Gasteiger partial charge in [0.05, 0.1) is 30.5 Å². The van der Waals surface area contributed by atoms with Gasteiger partial charge in [0.2, 0.25) is 5.91 Å². The number of amides is 1. The summed E-state index contributed by atoms with van der Waals surface area (Å²) in [6.45, 7) is 17.2. The zero-order valence-electron chi connectivity index (χ0n) is 36.5. The maximum atomic E-state index is 14.2. The Hall–Kier alpha value is -5.25. The predicted octanol–water partition coefficient (Wildman–Crippen LogP) is 6.33. The van der Waals surface area contributed by atoms with E-state index in [0.717, 1.165) is 56.4 Å². The number of hydrogen-bond donors (Lipinski definition) is 3. The molecule has 3 aliphatic heterocycles. The van der Waals surface area contributed by atoms with Crippen LogP contribution in [0.5, 0.6) is 0 Å². The number of rotatable bonds is 14. The minimum Gasteiger partial charge on any atom is -0.465 e. The fourth-order valence-electron chi connectivity index (χ4n) is 8.31. The Morgan fingerprint density at radius 2 is 1.72 bits per heavy atom. The third kappa shape index (κ3) is 9.63. The SMILES string of the molecule is C=Cc1c(C)c2cc3nc(c(CC(=O)N(C)CCCSCC4OC(COC(C)=O)C(O)C4OC(C)=O)c4nc(cc5[nH]c(cc1[nH]2)c(C)c5CC)C(C)=C4C(=O)OC)CC3C. The van der Waals surface area contributed by atoms with Gasteiger partial charge < -0.3 is 38.9 Å². The van der Waals surface area contributed by atoms with Crippen molar-refractivity contribution < 1.29 is 43.2 Å². The molecule has 1 saturated heterocycles. The maximum Gasteiger partial charge on any atom is 0.340 e. The van der Waals surface area contributed by atoms with Crippen molar-refractivity contribution in [3.8, 4) is 0 Å². The van der Waals surface area contributed by atoms with E-state index in [1.807, 2.05) is 19.1 Å². The Kier molecular flexibility index (Phi) is 14.3. The Bertz CT molecular complexity index is 2430. The molecule has 5 unspecified atom stereocenters. The number of allylic oxidation sites excluding steroid dienone is 1. The van der Waals surface area contributed by atoms with Crippen LogP contribution in [0, 0.1) is 13.8 Å². The van der Waals surface area contributed by atoms with Crippen LogP contribution in [-0.2, 0) is 57.4 Å². The number of thioether (sulfide) groups is 1. The van der Waals surface area contributed by atoms with Crippen LogP contribution in [0.2, 0.25) is 0 Å². The predicted molar refractivity (Wildman–Crippen MR) is 237 cm³/mol. The molecule has 0 saturated carbocycles. The first kappa shape index (κ1) is 45.3. The van der Waals surface area contributed by atoms with E-state index in [1.54, 1.807) is 11.9 Å². The highest BCUT2D eigenvalue weighted by atomic mass is 32.2. The Balaban J connectivity index is 1.33. The molecule has 326 valence electrons. The summed E-state index contributed by atoms with van der Waals surface area (Å²) in [6, 6.07) is 6.15. The third-order valence-electron chi connectivity index (χ3n) is 11.8. The highest BCUT2D eigenvalue weighted by Crippen LogP contribution is 2.37. The van der Waals surface area contributed by atoms with Crippen LogP contribution in [0.25, 0.3) is 39.3 Å². The lowest BCUT2D eigenvalue weighted by Crippen LogP contribution is -2.38. The van der Waals surface area contributed by atoms with Crippen molar-refractivity contribution in [2.75, 3.05) is 38.8 Å². The molecule has 3 N–H and O–H groups in total. The van der Waals surface area contributed by atoms with E-state index in [1.165, 1.54) is 32.7 Å². The number of nitrogens with one attached hydrogen (secondary N) is 2. The van der Waals surface area contributed by atoms with Gasteiger partial charge >= 0.3 is 17.9 Å². The second-order valence-corrected chi connectivity index (χ2v) is 17.1. The molecule has 8 bridgehead atoms. The zero-order valence-corrected chi connectivity index (χ0v) is 37.3. The van der Waals surface area contributed by atoms with Crippen molar-refractivity contribution in [3.63, 3.8) is 0 Å². The van der Waals surface area contributed by atoms with E-state index >= 15 is 0 Å². The number of H-pyrrole nitrogens is 2. The van der Waals surface area contributed by atoms with Crippen LogP contribution in [0.15, 0.2) is 24.8 Å². The summed E-state index contributed by atoms with van der Waals surface area (Å²) in [4.78, 5) is 70.1. The minimum atomic E-state index is -1.14. The smallest absolute Gasteiger partial charge is 0.340 e. The Morgan fingerprint density at radius 3 is 2.39 bits per heavy atom. The highest BCUT2D eigenvalue weighted by Gasteiger charge is 2.46. The number of aliphatic hydroxyl groups excluding tert-OH is 1. The summed E-state index contributed by atoms with van der Waals surface area (Å²) in [5.74, 6) is -0.692. The molecule has 3 aliphatic rings. The molecule has 1 fully saturated rings. The molecule has 5 atom stereocenters. The number of aryl methyl sites for hydroxylation is 3. The van der Waals surface area contributed by atoms with Gasteiger partial charge in [-0.3, -0.25) is 19.4 Å². The van der Waals surface area contributed by atoms with Gasteiger partial charge in [0.15, 0.2) is 6.10 Å². The molecule has 0 aromatic carbocycles. The molecule has 6 heterocycles. The maximum absolute atomic E-state index is 14.2. The number of carbonyl (C=O) groups is 4. The van der Waals surface area contributed by atoms with Crippen molar-refractivity contribution in [1.82, 2.24) is 24.8 Å². The van der Waals surface area contributed by atoms with E-state index in [0.29, 0.717) is 64.7 Å². The summed E-state index contributed by atoms with van der Waals surface area (Å²) in [7, 11) is 3.10. The van der Waals surface area contributed by atoms with Crippen molar-refractivity contribution in [2.24, 2.45) is 0 Å². The van der Waals surface area contributed by atoms with Crippen LogP contribution in [0.1, 0.15) is 97.6 Å². The van der Waals surface area contributed by atoms with Gasteiger partial charge in [0, 0.05) is 83.7 Å². The molecule has 3 aromatic heterocycles. The van der Waals surface area contributed by atoms with Gasteiger partial charge in [-0.1, -0.05) is 26.5 Å². The number of methoxy groups -OCH3 is 1. The average molecular weight is 856 g/mol. The van der Waals surface area contributed by atoms with Crippen molar-refractivity contribution in [1.29, 1.82) is 0 Å². The monoisotopic (exact) mass is 855 g/mol. The first-order valence-electron chi connectivity index (χ1n) is 20.7. The number of esters is 3. The van der Waals surface area contributed by atoms with Crippen LogP contribution >= 0.6 is 11.8 Å². The van der Waals surface area contributed by atoms with Crippen LogP contribution in [0.4, 0.5) is 0 Å². The molecule has 14 nitrogen and oxygen atoms in total. The van der Waals surface area contributed by atoms with Crippen molar-refractivity contribution in [3.05, 3.63) is 75.4 Å². The normalized spacial score (nSPS) is 19.8. The molecule has 15 heteroatoms. The Morgan fingerprint density at radius 1 is 1.00 bits per heavy atom. The van der Waals surface area contributed by atoms with Crippen molar-refractivity contribution in [2.45, 2.75) is 104 Å². The third-order valence-corrected chi connectivity index (χ3v) is 12.9. The molecular weight excluding hydrogens is 799 g/mol. The Labute approximate surface area is 360 Å². The van der Waals surface area contributed by atoms with Gasteiger partial charge in [-0.25, -0.2) is 9.78 Å². The van der Waals surface area contributed by atoms with Gasteiger partial charge in [0.1, 0.15) is 24.9 Å². The number of ether oxygens (including phenoxy) is 4. The number of aromatic amines is 2. The van der Waals surface area contributed by atoms with Crippen LogP contribution < -0.4 is 0 Å². The molecule has 3 aromatic rings.